The number of esters is 1. The highest BCUT2D eigenvalue weighted by Gasteiger charge is 2.27. The van der Waals surface area contributed by atoms with Crippen LogP contribution in [0.2, 0.25) is 0 Å². The molecule has 1 aliphatic heterocycles. The molecule has 3 nitrogen and oxygen atoms in total. The second-order valence-corrected chi connectivity index (χ2v) is 2.67. The normalized spacial score (nSPS) is 20.9. The fourth-order valence-corrected chi connectivity index (χ4v) is 1.18. The molecule has 0 bridgehead atoms. The van der Waals surface area contributed by atoms with Crippen LogP contribution in [0.1, 0.15) is 6.92 Å². The van der Waals surface area contributed by atoms with E-state index in [1.54, 1.807) is 13.0 Å². The zero-order valence-electron chi connectivity index (χ0n) is 6.46. The van der Waals surface area contributed by atoms with Crippen LogP contribution in [0.25, 0.3) is 0 Å². The predicted molar refractivity (Wildman–Crippen MR) is 41.0 cm³/mol. The maximum absolute atomic E-state index is 11.0. The monoisotopic (exact) mass is 162 g/mol. The number of hydrogen-bond acceptors (Lipinski definition) is 3. The van der Waals surface area contributed by atoms with E-state index in [0.717, 1.165) is 5.57 Å². The summed E-state index contributed by atoms with van der Waals surface area (Å²) in [6.45, 7) is 1.68. The molecule has 12 heavy (non-hydrogen) atoms. The largest absolute Gasteiger partial charge is 0.422 e. The van der Waals surface area contributed by atoms with Crippen molar-refractivity contribution in [3.8, 4) is 0 Å². The molecule has 2 aliphatic rings. The van der Waals surface area contributed by atoms with E-state index in [1.165, 1.54) is 12.2 Å². The van der Waals surface area contributed by atoms with Gasteiger partial charge in [0.2, 0.25) is 0 Å². The van der Waals surface area contributed by atoms with Crippen molar-refractivity contribution in [2.45, 2.75) is 6.92 Å². The van der Waals surface area contributed by atoms with Crippen LogP contribution in [-0.4, -0.2) is 11.8 Å². The van der Waals surface area contributed by atoms with Crippen LogP contribution in [-0.2, 0) is 14.3 Å². The molecule has 1 heterocycles. The Morgan fingerprint density at radius 3 is 2.75 bits per heavy atom. The minimum absolute atomic E-state index is 0.142. The number of rotatable bonds is 0. The van der Waals surface area contributed by atoms with Gasteiger partial charge in [-0.1, -0.05) is 0 Å². The topological polar surface area (TPSA) is 43.4 Å². The van der Waals surface area contributed by atoms with Crippen LogP contribution in [0.3, 0.4) is 0 Å². The molecular weight excluding hydrogens is 156 g/mol. The smallest absolute Gasteiger partial charge is 0.339 e. The number of carbonyl (C=O) groups excluding carboxylic acids is 2. The molecule has 0 saturated heterocycles. The molecule has 60 valence electrons. The summed E-state index contributed by atoms with van der Waals surface area (Å²) in [5.41, 5.74) is 1.28. The van der Waals surface area contributed by atoms with Gasteiger partial charge in [-0.25, -0.2) is 4.79 Å². The molecule has 0 N–H and O–H groups in total. The van der Waals surface area contributed by atoms with E-state index >= 15 is 0 Å². The van der Waals surface area contributed by atoms with Crippen molar-refractivity contribution >= 4 is 11.8 Å². The van der Waals surface area contributed by atoms with Gasteiger partial charge in [0.25, 0.3) is 0 Å². The van der Waals surface area contributed by atoms with Crippen molar-refractivity contribution in [1.82, 2.24) is 0 Å². The standard InChI is InChI=1S/C9H6O3/c1-5-7-3-2-6(10)4-8(7)12-9(5)11/h2-4H,1H3. The Hall–Kier alpha value is -1.64. The molecule has 1 aliphatic carbocycles. The van der Waals surface area contributed by atoms with E-state index in [2.05, 4.69) is 0 Å². The number of hydrogen-bond donors (Lipinski definition) is 0. The van der Waals surface area contributed by atoms with Crippen molar-refractivity contribution < 1.29 is 14.3 Å². The Bertz CT molecular complexity index is 369. The lowest BCUT2D eigenvalue weighted by molar-refractivity contribution is -0.133. The first-order valence-electron chi connectivity index (χ1n) is 3.55. The Kier molecular flexibility index (Phi) is 1.27. The van der Waals surface area contributed by atoms with E-state index in [-0.39, 0.29) is 11.8 Å². The van der Waals surface area contributed by atoms with Gasteiger partial charge in [-0.3, -0.25) is 4.79 Å². The van der Waals surface area contributed by atoms with Crippen LogP contribution in [0.4, 0.5) is 0 Å². The summed E-state index contributed by atoms with van der Waals surface area (Å²) in [6, 6.07) is 0. The molecule has 2 rings (SSSR count). The predicted octanol–water partition coefficient (Wildman–Crippen LogP) is 0.883. The van der Waals surface area contributed by atoms with Gasteiger partial charge in [-0.05, 0) is 19.1 Å². The van der Waals surface area contributed by atoms with Gasteiger partial charge in [0.05, 0.1) is 0 Å². The molecule has 0 aromatic rings. The number of fused-ring (bicyclic) bond motifs is 1. The molecule has 0 radical (unpaired) electrons. The van der Waals surface area contributed by atoms with Crippen LogP contribution < -0.4 is 0 Å². The fourth-order valence-electron chi connectivity index (χ4n) is 1.18. The van der Waals surface area contributed by atoms with Crippen LogP contribution in [0.5, 0.6) is 0 Å². The Labute approximate surface area is 69.0 Å². The first-order chi connectivity index (χ1) is 5.68. The first-order valence-corrected chi connectivity index (χ1v) is 3.55. The Balaban J connectivity index is 2.55. The lowest BCUT2D eigenvalue weighted by Crippen LogP contribution is -1.98. The zero-order valence-corrected chi connectivity index (χ0v) is 6.46. The third kappa shape index (κ3) is 0.830. The summed E-state index contributed by atoms with van der Waals surface area (Å²) in [7, 11) is 0. The second-order valence-electron chi connectivity index (χ2n) is 2.67. The second kappa shape index (κ2) is 2.17. The summed E-state index contributed by atoms with van der Waals surface area (Å²) < 4.78 is 4.82. The van der Waals surface area contributed by atoms with E-state index in [9.17, 15) is 9.59 Å². The number of ketones is 1. The van der Waals surface area contributed by atoms with Crippen molar-refractivity contribution in [3.05, 3.63) is 35.1 Å². The Morgan fingerprint density at radius 1 is 1.25 bits per heavy atom. The van der Waals surface area contributed by atoms with Crippen LogP contribution in [0.15, 0.2) is 35.1 Å². The lowest BCUT2D eigenvalue weighted by Gasteiger charge is -2.01. The minimum atomic E-state index is -0.365. The highest BCUT2D eigenvalue weighted by Crippen LogP contribution is 2.28. The van der Waals surface area contributed by atoms with E-state index in [4.69, 9.17) is 4.74 Å². The van der Waals surface area contributed by atoms with Gasteiger partial charge < -0.3 is 4.74 Å². The van der Waals surface area contributed by atoms with Gasteiger partial charge in [0.15, 0.2) is 5.78 Å². The summed E-state index contributed by atoms with van der Waals surface area (Å²) in [5.74, 6) is -0.128. The minimum Gasteiger partial charge on any atom is -0.422 e. The third-order valence-electron chi connectivity index (χ3n) is 1.87. The average molecular weight is 162 g/mol. The molecule has 0 atom stereocenters. The highest BCUT2D eigenvalue weighted by molar-refractivity contribution is 6.05. The number of ether oxygens (including phenoxy) is 1. The molecule has 0 fully saturated rings. The molecule has 3 heteroatoms. The fraction of sp³-hybridized carbons (Fsp3) is 0.111. The number of carbonyl (C=O) groups is 2. The summed E-state index contributed by atoms with van der Waals surface area (Å²) in [6.07, 6.45) is 4.35. The van der Waals surface area contributed by atoms with E-state index in [1.807, 2.05) is 0 Å². The SMILES string of the molecule is CC1=C2C=CC(=O)C=C2OC1=O. The lowest BCUT2D eigenvalue weighted by atomic mass is 10.0. The van der Waals surface area contributed by atoms with E-state index in [0.29, 0.717) is 11.3 Å². The van der Waals surface area contributed by atoms with Gasteiger partial charge >= 0.3 is 5.97 Å². The summed E-state index contributed by atoms with van der Waals surface area (Å²) in [4.78, 5) is 21.8. The summed E-state index contributed by atoms with van der Waals surface area (Å²) >= 11 is 0. The van der Waals surface area contributed by atoms with E-state index < -0.39 is 0 Å². The van der Waals surface area contributed by atoms with Gasteiger partial charge in [0.1, 0.15) is 5.76 Å². The van der Waals surface area contributed by atoms with Crippen molar-refractivity contribution in [3.63, 3.8) is 0 Å². The molecule has 0 aromatic carbocycles. The quantitative estimate of drug-likeness (QED) is 0.496. The van der Waals surface area contributed by atoms with Crippen molar-refractivity contribution in [2.24, 2.45) is 0 Å². The maximum atomic E-state index is 11.0. The van der Waals surface area contributed by atoms with Crippen LogP contribution >= 0.6 is 0 Å². The molecular formula is C9H6O3. The Morgan fingerprint density at radius 2 is 2.00 bits per heavy atom. The first kappa shape index (κ1) is 7.03. The molecule has 0 aromatic heterocycles. The third-order valence-corrected chi connectivity index (χ3v) is 1.87. The maximum Gasteiger partial charge on any atom is 0.339 e. The summed E-state index contributed by atoms with van der Waals surface area (Å²) in [5, 5.41) is 0. The van der Waals surface area contributed by atoms with Gasteiger partial charge in [-0.15, -0.1) is 0 Å². The van der Waals surface area contributed by atoms with Crippen molar-refractivity contribution in [2.75, 3.05) is 0 Å². The van der Waals surface area contributed by atoms with Crippen LogP contribution in [0, 0.1) is 0 Å². The van der Waals surface area contributed by atoms with Gasteiger partial charge in [-0.2, -0.15) is 0 Å². The molecule has 0 spiro atoms. The molecule has 0 unspecified atom stereocenters. The number of allylic oxidation sites excluding steroid dienone is 3. The molecule has 0 amide bonds. The van der Waals surface area contributed by atoms with Crippen molar-refractivity contribution in [1.29, 1.82) is 0 Å². The highest BCUT2D eigenvalue weighted by atomic mass is 16.5. The molecule has 0 saturated carbocycles. The van der Waals surface area contributed by atoms with Gasteiger partial charge in [0, 0.05) is 17.2 Å². The zero-order chi connectivity index (χ0) is 8.72. The average Bonchev–Trinajstić information content (AvgIpc) is 2.28.